The van der Waals surface area contributed by atoms with Crippen LogP contribution in [0.25, 0.3) is 0 Å². The van der Waals surface area contributed by atoms with Crippen LogP contribution in [0.4, 0.5) is 0 Å². The van der Waals surface area contributed by atoms with E-state index in [4.69, 9.17) is 0 Å². The van der Waals surface area contributed by atoms with Crippen molar-refractivity contribution >= 4 is 0 Å². The van der Waals surface area contributed by atoms with Gasteiger partial charge in [-0.25, -0.2) is 0 Å². The predicted molar refractivity (Wildman–Crippen MR) is 95.6 cm³/mol. The van der Waals surface area contributed by atoms with Crippen molar-refractivity contribution in [1.29, 1.82) is 0 Å². The van der Waals surface area contributed by atoms with E-state index in [0.717, 1.165) is 12.3 Å². The molecule has 0 nitrogen and oxygen atoms in total. The summed E-state index contributed by atoms with van der Waals surface area (Å²) < 4.78 is 0. The molecule has 0 aliphatic carbocycles. The maximum atomic E-state index is 2.34. The van der Waals surface area contributed by atoms with E-state index in [1.807, 2.05) is 13.8 Å². The van der Waals surface area contributed by atoms with E-state index in [1.54, 1.807) is 0 Å². The Morgan fingerprint density at radius 2 is 1.40 bits per heavy atom. The van der Waals surface area contributed by atoms with Crippen LogP contribution < -0.4 is 0 Å². The summed E-state index contributed by atoms with van der Waals surface area (Å²) in [6.07, 6.45) is 6.66. The average molecular weight is 279 g/mol. The molecule has 0 aliphatic heterocycles. The van der Waals surface area contributed by atoms with Crippen molar-refractivity contribution in [3.05, 3.63) is 34.9 Å². The summed E-state index contributed by atoms with van der Waals surface area (Å²) in [6, 6.07) is 6.62. The van der Waals surface area contributed by atoms with Crippen LogP contribution >= 0.6 is 0 Å². The maximum Gasteiger partial charge on any atom is -0.0305 e. The highest BCUT2D eigenvalue weighted by atomic mass is 14.0. The van der Waals surface area contributed by atoms with Gasteiger partial charge in [-0.2, -0.15) is 0 Å². The largest absolute Gasteiger partial charge is 0.0683 e. The topological polar surface area (TPSA) is 0 Å². The van der Waals surface area contributed by atoms with Gasteiger partial charge in [-0.3, -0.25) is 0 Å². The number of hydrogen-bond donors (Lipinski definition) is 0. The molecule has 0 unspecified atom stereocenters. The third kappa shape index (κ3) is 11.1. The van der Waals surface area contributed by atoms with E-state index in [9.17, 15) is 0 Å². The van der Waals surface area contributed by atoms with Gasteiger partial charge in [-0.15, -0.1) is 0 Å². The van der Waals surface area contributed by atoms with Crippen molar-refractivity contribution in [1.82, 2.24) is 0 Å². The van der Waals surface area contributed by atoms with Gasteiger partial charge in [0.05, 0.1) is 0 Å². The van der Waals surface area contributed by atoms with Crippen LogP contribution in [0.3, 0.4) is 0 Å². The van der Waals surface area contributed by atoms with Crippen LogP contribution in [0, 0.1) is 19.8 Å². The van der Waals surface area contributed by atoms with Gasteiger partial charge in [-0.05, 0) is 37.3 Å². The molecule has 0 saturated carbocycles. The Morgan fingerprint density at radius 1 is 0.900 bits per heavy atom. The van der Waals surface area contributed by atoms with E-state index >= 15 is 0 Å². The molecule has 0 spiro atoms. The molecule has 118 valence electrons. The number of aryl methyl sites for hydroxylation is 3. The number of hydrogen-bond acceptors (Lipinski definition) is 0. The van der Waals surface area contributed by atoms with Crippen molar-refractivity contribution in [2.24, 2.45) is 5.92 Å². The normalized spacial score (nSPS) is 9.45. The molecule has 1 aromatic rings. The Labute approximate surface area is 129 Å². The first-order chi connectivity index (χ1) is 9.54. The second-order valence-electron chi connectivity index (χ2n) is 5.47. The van der Waals surface area contributed by atoms with Crippen molar-refractivity contribution in [2.45, 2.75) is 87.5 Å². The molecule has 0 aromatic heterocycles. The number of rotatable bonds is 5. The van der Waals surface area contributed by atoms with Gasteiger partial charge in [0.25, 0.3) is 0 Å². The number of benzene rings is 1. The zero-order chi connectivity index (χ0) is 16.0. The van der Waals surface area contributed by atoms with Gasteiger partial charge in [0.2, 0.25) is 0 Å². The molecule has 0 fully saturated rings. The first-order valence-electron chi connectivity index (χ1n) is 8.61. The Kier molecular flexibility index (Phi) is 15.7. The Balaban J connectivity index is 0. The smallest absolute Gasteiger partial charge is 0.0305 e. The van der Waals surface area contributed by atoms with Crippen LogP contribution in [0.15, 0.2) is 18.2 Å². The summed E-state index contributed by atoms with van der Waals surface area (Å²) in [5, 5.41) is 0. The highest BCUT2D eigenvalue weighted by molar-refractivity contribution is 5.30. The lowest BCUT2D eigenvalue weighted by Crippen LogP contribution is -1.91. The zero-order valence-corrected chi connectivity index (χ0v) is 15.3. The van der Waals surface area contributed by atoms with Crippen LogP contribution in [-0.4, -0.2) is 0 Å². The molecule has 0 bridgehead atoms. The average Bonchev–Trinajstić information content (AvgIpc) is 2.42. The Bertz CT molecular complexity index is 306. The molecule has 0 amide bonds. The molecule has 1 rings (SSSR count). The minimum atomic E-state index is 0.963. The van der Waals surface area contributed by atoms with Crippen molar-refractivity contribution < 1.29 is 0 Å². The van der Waals surface area contributed by atoms with Crippen molar-refractivity contribution in [3.63, 3.8) is 0 Å². The molecule has 1 aromatic carbocycles. The highest BCUT2D eigenvalue weighted by Gasteiger charge is 1.95. The SMILES string of the molecule is CC.CCCC(C)CCC.CCc1ccc(C)cc1C. The lowest BCUT2D eigenvalue weighted by molar-refractivity contribution is 0.480. The first-order valence-corrected chi connectivity index (χ1v) is 8.61. The molecule has 0 heteroatoms. The predicted octanol–water partition coefficient (Wildman–Crippen LogP) is 7.11. The Hall–Kier alpha value is -0.780. The van der Waals surface area contributed by atoms with Crippen LogP contribution in [0.5, 0.6) is 0 Å². The first kappa shape index (κ1) is 21.5. The van der Waals surface area contributed by atoms with Crippen LogP contribution in [0.2, 0.25) is 0 Å². The van der Waals surface area contributed by atoms with Crippen molar-refractivity contribution in [2.75, 3.05) is 0 Å². The summed E-state index contributed by atoms with van der Waals surface area (Å²) >= 11 is 0. The van der Waals surface area contributed by atoms with E-state index in [1.165, 1.54) is 42.4 Å². The highest BCUT2D eigenvalue weighted by Crippen LogP contribution is 2.11. The molecule has 0 saturated heterocycles. The van der Waals surface area contributed by atoms with Gasteiger partial charge < -0.3 is 0 Å². The minimum absolute atomic E-state index is 0.963. The molecule has 0 N–H and O–H groups in total. The molecule has 0 atom stereocenters. The zero-order valence-electron chi connectivity index (χ0n) is 15.3. The molecule has 0 radical (unpaired) electrons. The van der Waals surface area contributed by atoms with Gasteiger partial charge >= 0.3 is 0 Å². The van der Waals surface area contributed by atoms with Crippen LogP contribution in [-0.2, 0) is 6.42 Å². The second-order valence-corrected chi connectivity index (χ2v) is 5.47. The van der Waals surface area contributed by atoms with E-state index < -0.39 is 0 Å². The lowest BCUT2D eigenvalue weighted by atomic mass is 10.0. The summed E-state index contributed by atoms with van der Waals surface area (Å²) in [5.41, 5.74) is 4.24. The molecule has 0 heterocycles. The fraction of sp³-hybridized carbons (Fsp3) is 0.700. The fourth-order valence-corrected chi connectivity index (χ4v) is 2.37. The summed E-state index contributed by atoms with van der Waals surface area (Å²) in [7, 11) is 0. The second kappa shape index (κ2) is 14.6. The van der Waals surface area contributed by atoms with E-state index in [0.29, 0.717) is 0 Å². The molecular weight excluding hydrogens is 240 g/mol. The molecular formula is C20H38. The molecule has 20 heavy (non-hydrogen) atoms. The quantitative estimate of drug-likeness (QED) is 0.538. The summed E-state index contributed by atoms with van der Waals surface area (Å²) in [4.78, 5) is 0. The lowest BCUT2D eigenvalue weighted by Gasteiger charge is -2.05. The van der Waals surface area contributed by atoms with Crippen LogP contribution in [0.1, 0.15) is 83.9 Å². The standard InChI is InChI=1S/C10H14.C8H18.C2H6/c1-4-10-6-5-8(2)7-9(10)3;1-4-6-8(3)7-5-2;1-2/h5-7H,4H2,1-3H3;8H,4-7H2,1-3H3;1-2H3. The third-order valence-electron chi connectivity index (χ3n) is 3.44. The van der Waals surface area contributed by atoms with Gasteiger partial charge in [-0.1, -0.05) is 91.0 Å². The Morgan fingerprint density at radius 3 is 1.75 bits per heavy atom. The minimum Gasteiger partial charge on any atom is -0.0683 e. The fourth-order valence-electron chi connectivity index (χ4n) is 2.37. The van der Waals surface area contributed by atoms with Gasteiger partial charge in [0.1, 0.15) is 0 Å². The van der Waals surface area contributed by atoms with E-state index in [2.05, 4.69) is 59.7 Å². The van der Waals surface area contributed by atoms with Gasteiger partial charge in [0, 0.05) is 0 Å². The maximum absolute atomic E-state index is 2.34. The molecule has 0 aliphatic rings. The van der Waals surface area contributed by atoms with E-state index in [-0.39, 0.29) is 0 Å². The van der Waals surface area contributed by atoms with Crippen molar-refractivity contribution in [3.8, 4) is 0 Å². The summed E-state index contributed by atoms with van der Waals surface area (Å²) in [6.45, 7) is 17.3. The summed E-state index contributed by atoms with van der Waals surface area (Å²) in [5.74, 6) is 0.963. The monoisotopic (exact) mass is 278 g/mol. The van der Waals surface area contributed by atoms with Gasteiger partial charge in [0.15, 0.2) is 0 Å². The third-order valence-corrected chi connectivity index (χ3v) is 3.44.